The van der Waals surface area contributed by atoms with Crippen LogP contribution in [0.5, 0.6) is 5.75 Å². The Bertz CT molecular complexity index is 947. The lowest BCUT2D eigenvalue weighted by Crippen LogP contribution is -2.37. The summed E-state index contributed by atoms with van der Waals surface area (Å²) in [5, 5.41) is 10.6. The molecule has 3 aliphatic carbocycles. The highest BCUT2D eigenvalue weighted by Gasteiger charge is 2.52. The fraction of sp³-hybridized carbons (Fsp3) is 0.524. The van der Waals surface area contributed by atoms with Crippen LogP contribution in [0.4, 0.5) is 0 Å². The van der Waals surface area contributed by atoms with Crippen LogP contribution in [0, 0.1) is 11.3 Å². The Labute approximate surface area is 161 Å². The fourth-order valence-corrected chi connectivity index (χ4v) is 5.63. The third-order valence-electron chi connectivity index (χ3n) is 6.65. The number of aliphatic hydroxyl groups is 1. The van der Waals surface area contributed by atoms with Gasteiger partial charge < -0.3 is 9.29 Å². The minimum atomic E-state index is -3.75. The lowest BCUT2D eigenvalue weighted by molar-refractivity contribution is 0.0385. The minimum Gasteiger partial charge on any atom is -0.392 e. The van der Waals surface area contributed by atoms with E-state index in [0.29, 0.717) is 12.2 Å². The molecule has 6 heteroatoms. The molecule has 5 nitrogen and oxygen atoms in total. The summed E-state index contributed by atoms with van der Waals surface area (Å²) in [6.07, 6.45) is 4.05. The normalized spacial score (nSPS) is 30.2. The van der Waals surface area contributed by atoms with Crippen molar-refractivity contribution in [1.29, 1.82) is 0 Å². The quantitative estimate of drug-likeness (QED) is 0.806. The van der Waals surface area contributed by atoms with E-state index in [0.717, 1.165) is 41.1 Å². The Morgan fingerprint density at radius 3 is 2.70 bits per heavy atom. The van der Waals surface area contributed by atoms with Crippen LogP contribution in [0.15, 0.2) is 35.9 Å². The van der Waals surface area contributed by atoms with Gasteiger partial charge in [0.25, 0.3) is 0 Å². The van der Waals surface area contributed by atoms with E-state index in [1.54, 1.807) is 6.07 Å². The molecule has 0 aromatic heterocycles. The molecule has 0 heterocycles. The van der Waals surface area contributed by atoms with E-state index >= 15 is 0 Å². The average Bonchev–Trinajstić information content (AvgIpc) is 2.83. The number of aryl methyl sites for hydroxylation is 1. The molecule has 3 aliphatic rings. The Kier molecular flexibility index (Phi) is 4.29. The monoisotopic (exact) mass is 389 g/mol. The van der Waals surface area contributed by atoms with Crippen molar-refractivity contribution >= 4 is 15.9 Å². The van der Waals surface area contributed by atoms with E-state index in [4.69, 9.17) is 4.18 Å². The standard InChI is InChI=1S/C21H27NO4S/c1-13-11-19(23)21(2)10-9-17-16-8-6-15(26-27(24,25)22(3)4)12-14(16)5-7-18(17)20(13)21/h6,8,12,19-20,23H,1,5,7,9-11H2,2-4H3/t19-,20-,21+/m0/s1. The zero-order valence-corrected chi connectivity index (χ0v) is 17.0. The second-order valence-corrected chi connectivity index (χ2v) is 10.2. The van der Waals surface area contributed by atoms with Crippen molar-refractivity contribution in [2.75, 3.05) is 14.1 Å². The van der Waals surface area contributed by atoms with E-state index in [2.05, 4.69) is 13.5 Å². The number of nitrogens with zero attached hydrogens (tertiary/aromatic N) is 1. The van der Waals surface area contributed by atoms with E-state index in [1.165, 1.54) is 30.8 Å². The molecule has 3 atom stereocenters. The van der Waals surface area contributed by atoms with Gasteiger partial charge in [0, 0.05) is 25.4 Å². The van der Waals surface area contributed by atoms with Crippen molar-refractivity contribution in [3.05, 3.63) is 47.1 Å². The van der Waals surface area contributed by atoms with Crippen molar-refractivity contribution in [1.82, 2.24) is 4.31 Å². The van der Waals surface area contributed by atoms with E-state index < -0.39 is 10.3 Å². The lowest BCUT2D eigenvalue weighted by Gasteiger charge is -2.43. The molecule has 1 aromatic carbocycles. The Morgan fingerprint density at radius 2 is 2.00 bits per heavy atom. The van der Waals surface area contributed by atoms with Gasteiger partial charge in [0.2, 0.25) is 0 Å². The SMILES string of the molecule is C=C1C[C@H](O)[C@@]2(C)CCC3=C(CCc4cc(OS(=O)(=O)N(C)C)ccc43)[C@H]12. The summed E-state index contributed by atoms with van der Waals surface area (Å²) in [7, 11) is -0.850. The zero-order valence-electron chi connectivity index (χ0n) is 16.2. The van der Waals surface area contributed by atoms with Crippen LogP contribution in [-0.2, 0) is 16.7 Å². The van der Waals surface area contributed by atoms with Crippen molar-refractivity contribution < 1.29 is 17.7 Å². The molecule has 1 aromatic rings. The number of benzene rings is 1. The molecule has 0 aliphatic heterocycles. The Morgan fingerprint density at radius 1 is 1.26 bits per heavy atom. The molecule has 0 spiro atoms. The number of aliphatic hydroxyl groups excluding tert-OH is 1. The first-order valence-electron chi connectivity index (χ1n) is 9.46. The predicted octanol–water partition coefficient (Wildman–Crippen LogP) is 3.31. The van der Waals surface area contributed by atoms with Crippen LogP contribution < -0.4 is 4.18 Å². The largest absolute Gasteiger partial charge is 0.392 e. The highest BCUT2D eigenvalue weighted by Crippen LogP contribution is 2.59. The maximum absolute atomic E-state index is 12.0. The molecule has 0 amide bonds. The summed E-state index contributed by atoms with van der Waals surface area (Å²) in [5.41, 5.74) is 6.16. The van der Waals surface area contributed by atoms with E-state index in [-0.39, 0.29) is 17.4 Å². The molecule has 0 unspecified atom stereocenters. The highest BCUT2D eigenvalue weighted by atomic mass is 32.2. The summed E-state index contributed by atoms with van der Waals surface area (Å²) in [5.74, 6) is 0.613. The summed E-state index contributed by atoms with van der Waals surface area (Å²) in [6.45, 7) is 6.46. The molecule has 1 N–H and O–H groups in total. The van der Waals surface area contributed by atoms with Crippen molar-refractivity contribution in [3.8, 4) is 5.75 Å². The maximum atomic E-state index is 12.0. The molecule has 4 rings (SSSR count). The van der Waals surface area contributed by atoms with Gasteiger partial charge in [-0.05, 0) is 60.9 Å². The minimum absolute atomic E-state index is 0.101. The Balaban J connectivity index is 1.71. The molecule has 0 radical (unpaired) electrons. The topological polar surface area (TPSA) is 66.8 Å². The van der Waals surface area contributed by atoms with Gasteiger partial charge in [-0.15, -0.1) is 0 Å². The highest BCUT2D eigenvalue weighted by molar-refractivity contribution is 7.84. The summed E-state index contributed by atoms with van der Waals surface area (Å²) in [4.78, 5) is 0. The van der Waals surface area contributed by atoms with Crippen molar-refractivity contribution in [2.24, 2.45) is 11.3 Å². The van der Waals surface area contributed by atoms with Gasteiger partial charge in [-0.25, -0.2) is 0 Å². The average molecular weight is 390 g/mol. The molecular formula is C21H27NO4S. The smallest absolute Gasteiger partial charge is 0.384 e. The number of hydrogen-bond acceptors (Lipinski definition) is 4. The molecule has 0 bridgehead atoms. The van der Waals surface area contributed by atoms with Crippen LogP contribution >= 0.6 is 0 Å². The van der Waals surface area contributed by atoms with Gasteiger partial charge >= 0.3 is 10.3 Å². The summed E-state index contributed by atoms with van der Waals surface area (Å²) >= 11 is 0. The molecule has 146 valence electrons. The van der Waals surface area contributed by atoms with Crippen LogP contribution in [0.3, 0.4) is 0 Å². The van der Waals surface area contributed by atoms with Gasteiger partial charge in [-0.2, -0.15) is 12.7 Å². The number of hydrogen-bond donors (Lipinski definition) is 1. The van der Waals surface area contributed by atoms with Gasteiger partial charge in [0.15, 0.2) is 0 Å². The van der Waals surface area contributed by atoms with Gasteiger partial charge in [0.05, 0.1) is 6.10 Å². The van der Waals surface area contributed by atoms with Crippen LogP contribution in [-0.4, -0.2) is 38.0 Å². The second kappa shape index (κ2) is 6.19. The molecule has 1 fully saturated rings. The van der Waals surface area contributed by atoms with Gasteiger partial charge in [-0.1, -0.05) is 30.7 Å². The lowest BCUT2D eigenvalue weighted by atomic mass is 9.62. The molecular weight excluding hydrogens is 362 g/mol. The first-order valence-corrected chi connectivity index (χ1v) is 10.8. The van der Waals surface area contributed by atoms with Crippen LogP contribution in [0.25, 0.3) is 5.57 Å². The van der Waals surface area contributed by atoms with Crippen LogP contribution in [0.2, 0.25) is 0 Å². The fourth-order valence-electron chi connectivity index (χ4n) is 5.13. The van der Waals surface area contributed by atoms with Crippen molar-refractivity contribution in [2.45, 2.75) is 45.1 Å². The maximum Gasteiger partial charge on any atom is 0.384 e. The summed E-state index contributed by atoms with van der Waals surface area (Å²) < 4.78 is 30.2. The predicted molar refractivity (Wildman–Crippen MR) is 106 cm³/mol. The first-order chi connectivity index (χ1) is 12.6. The summed E-state index contributed by atoms with van der Waals surface area (Å²) in [6, 6.07) is 5.58. The third-order valence-corrected chi connectivity index (χ3v) is 7.95. The molecule has 1 saturated carbocycles. The van der Waals surface area contributed by atoms with Crippen LogP contribution in [0.1, 0.15) is 43.7 Å². The van der Waals surface area contributed by atoms with E-state index in [1.807, 2.05) is 12.1 Å². The molecule has 27 heavy (non-hydrogen) atoms. The Hall–Kier alpha value is -1.63. The number of rotatable bonds is 3. The molecule has 0 saturated heterocycles. The number of fused-ring (bicyclic) bond motifs is 4. The van der Waals surface area contributed by atoms with E-state index in [9.17, 15) is 13.5 Å². The first kappa shape index (κ1) is 18.7. The van der Waals surface area contributed by atoms with Gasteiger partial charge in [-0.3, -0.25) is 0 Å². The number of allylic oxidation sites excluding steroid dienone is 2. The van der Waals surface area contributed by atoms with Crippen molar-refractivity contribution in [3.63, 3.8) is 0 Å². The third kappa shape index (κ3) is 2.85. The van der Waals surface area contributed by atoms with Gasteiger partial charge in [0.1, 0.15) is 5.75 Å². The second-order valence-electron chi connectivity index (χ2n) is 8.46. The zero-order chi connectivity index (χ0) is 19.6.